The molecule has 0 radical (unpaired) electrons. The summed E-state index contributed by atoms with van der Waals surface area (Å²) in [4.78, 5) is 0. The maximum absolute atomic E-state index is 12.1. The summed E-state index contributed by atoms with van der Waals surface area (Å²) in [6, 6.07) is 5.64. The van der Waals surface area contributed by atoms with E-state index in [2.05, 4.69) is 0 Å². The van der Waals surface area contributed by atoms with Gasteiger partial charge in [-0.05, 0) is 48.9 Å². The quantitative estimate of drug-likeness (QED) is 0.494. The van der Waals surface area contributed by atoms with Crippen LogP contribution in [0.3, 0.4) is 0 Å². The molecule has 2 aromatic rings. The van der Waals surface area contributed by atoms with E-state index in [1.54, 1.807) is 0 Å². The summed E-state index contributed by atoms with van der Waals surface area (Å²) in [5.74, 6) is -0.563. The van der Waals surface area contributed by atoms with Crippen LogP contribution in [0.4, 0.5) is 26.3 Å². The van der Waals surface area contributed by atoms with Crippen LogP contribution < -0.4 is 0 Å². The molecule has 0 spiro atoms. The molecule has 1 N–H and O–H groups in total. The molecule has 0 fully saturated rings. The van der Waals surface area contributed by atoms with E-state index >= 15 is 0 Å². The van der Waals surface area contributed by atoms with Crippen LogP contribution in [-0.4, -0.2) is 5.11 Å². The van der Waals surface area contributed by atoms with Gasteiger partial charge in [0.1, 0.15) is 5.75 Å². The maximum Gasteiger partial charge on any atom is 0.416 e. The molecule has 0 saturated carbocycles. The Morgan fingerprint density at radius 2 is 1.17 bits per heavy atom. The van der Waals surface area contributed by atoms with Crippen molar-refractivity contribution in [3.63, 3.8) is 0 Å². The first-order chi connectivity index (χ1) is 10.8. The molecule has 24 heavy (non-hydrogen) atoms. The topological polar surface area (TPSA) is 20.2 Å². The molecule has 2 aromatic carbocycles. The second-order valence-corrected chi connectivity index (χ2v) is 5.44. The highest BCUT2D eigenvalue weighted by Gasteiger charge is 2.31. The Morgan fingerprint density at radius 3 is 1.54 bits per heavy atom. The van der Waals surface area contributed by atoms with Crippen LogP contribution in [0.15, 0.2) is 36.4 Å². The third kappa shape index (κ3) is 5.79. The lowest BCUT2D eigenvalue weighted by molar-refractivity contribution is -0.138. The summed E-state index contributed by atoms with van der Waals surface area (Å²) in [6.07, 6.45) is -8.72. The van der Waals surface area contributed by atoms with Crippen LogP contribution in [0.5, 0.6) is 5.75 Å². The molecule has 0 amide bonds. The summed E-state index contributed by atoms with van der Waals surface area (Å²) in [5, 5.41) is 9.09. The third-order valence-electron chi connectivity index (χ3n) is 2.76. The molecule has 0 heterocycles. The molecule has 0 atom stereocenters. The van der Waals surface area contributed by atoms with Crippen LogP contribution in [0.2, 0.25) is 10.0 Å². The monoisotopic (exact) mass is 390 g/mol. The van der Waals surface area contributed by atoms with Crippen LogP contribution in [-0.2, 0) is 12.4 Å². The number of aryl methyl sites for hydroxylation is 1. The van der Waals surface area contributed by atoms with Crippen LogP contribution in [0, 0.1) is 6.92 Å². The van der Waals surface area contributed by atoms with E-state index in [1.165, 1.54) is 13.0 Å². The first kappa shape index (κ1) is 20.4. The van der Waals surface area contributed by atoms with Crippen molar-refractivity contribution in [2.75, 3.05) is 0 Å². The first-order valence-corrected chi connectivity index (χ1v) is 6.97. The number of halogens is 8. The van der Waals surface area contributed by atoms with Crippen molar-refractivity contribution in [2.24, 2.45) is 0 Å². The Kier molecular flexibility index (Phi) is 6.41. The molecule has 0 bridgehead atoms. The highest BCUT2D eigenvalue weighted by atomic mass is 35.5. The fourth-order valence-corrected chi connectivity index (χ4v) is 1.75. The minimum Gasteiger partial charge on any atom is -0.506 e. The normalized spacial score (nSPS) is 11.7. The van der Waals surface area contributed by atoms with Gasteiger partial charge in [-0.2, -0.15) is 26.3 Å². The minimum absolute atomic E-state index is 0.0944. The predicted molar refractivity (Wildman–Crippen MR) is 79.3 cm³/mol. The van der Waals surface area contributed by atoms with Gasteiger partial charge in [-0.3, -0.25) is 0 Å². The number of phenolic OH excluding ortho intramolecular Hbond substituents is 1. The smallest absolute Gasteiger partial charge is 0.416 e. The fourth-order valence-electron chi connectivity index (χ4n) is 1.51. The second-order valence-electron chi connectivity index (χ2n) is 4.63. The summed E-state index contributed by atoms with van der Waals surface area (Å²) in [6.45, 7) is 1.54. The number of alkyl halides is 6. The Balaban J connectivity index is 0.000000240. The van der Waals surface area contributed by atoms with Crippen molar-refractivity contribution in [3.05, 3.63) is 63.1 Å². The number of hydrogen-bond acceptors (Lipinski definition) is 1. The van der Waals surface area contributed by atoms with Crippen LogP contribution >= 0.6 is 23.2 Å². The fraction of sp³-hybridized carbons (Fsp3) is 0.200. The second kappa shape index (κ2) is 7.53. The van der Waals surface area contributed by atoms with Crippen molar-refractivity contribution in [1.29, 1.82) is 0 Å². The Hall–Kier alpha value is -1.60. The first-order valence-electron chi connectivity index (χ1n) is 6.21. The molecular formula is C15H10Cl2F6O. The molecule has 0 aliphatic carbocycles. The largest absolute Gasteiger partial charge is 0.506 e. The number of rotatable bonds is 0. The molecule has 0 saturated heterocycles. The van der Waals surface area contributed by atoms with Crippen molar-refractivity contribution >= 4 is 23.2 Å². The average molecular weight is 391 g/mol. The molecule has 2 rings (SSSR count). The summed E-state index contributed by atoms with van der Waals surface area (Å²) < 4.78 is 72.0. The Bertz CT molecular complexity index is 649. The van der Waals surface area contributed by atoms with Gasteiger partial charge < -0.3 is 5.11 Å². The molecule has 132 valence electrons. The van der Waals surface area contributed by atoms with E-state index in [1.807, 2.05) is 0 Å². The Labute approximate surface area is 143 Å². The standard InChI is InChI=1S/C8H6ClF3.C7H4ClF3O/c1-5-4-6(8(10,11)12)2-3-7(5)9;8-5-2-1-4(3-6(5)12)7(9,10)11/h2-4H,1H3;1-3,12H. The van der Waals surface area contributed by atoms with E-state index in [-0.39, 0.29) is 5.02 Å². The zero-order valence-corrected chi connectivity index (χ0v) is 13.4. The highest BCUT2D eigenvalue weighted by molar-refractivity contribution is 6.32. The van der Waals surface area contributed by atoms with Crippen molar-refractivity contribution < 1.29 is 31.4 Å². The van der Waals surface area contributed by atoms with E-state index in [0.717, 1.165) is 24.3 Å². The van der Waals surface area contributed by atoms with Gasteiger partial charge in [0.15, 0.2) is 0 Å². The van der Waals surface area contributed by atoms with E-state index in [9.17, 15) is 26.3 Å². The minimum atomic E-state index is -4.44. The van der Waals surface area contributed by atoms with Gasteiger partial charge in [0.05, 0.1) is 16.1 Å². The van der Waals surface area contributed by atoms with Gasteiger partial charge in [-0.15, -0.1) is 0 Å². The predicted octanol–water partition coefficient (Wildman–Crippen LogP) is 6.73. The van der Waals surface area contributed by atoms with Crippen molar-refractivity contribution in [3.8, 4) is 5.75 Å². The number of hydrogen-bond donors (Lipinski definition) is 1. The lowest BCUT2D eigenvalue weighted by Gasteiger charge is -2.07. The van der Waals surface area contributed by atoms with Gasteiger partial charge in [0.2, 0.25) is 0 Å². The summed E-state index contributed by atoms with van der Waals surface area (Å²) in [7, 11) is 0. The molecular weight excluding hydrogens is 381 g/mol. The lowest BCUT2D eigenvalue weighted by Crippen LogP contribution is -2.04. The zero-order chi connectivity index (χ0) is 18.7. The molecule has 0 unspecified atom stereocenters. The number of benzene rings is 2. The number of aromatic hydroxyl groups is 1. The van der Waals surface area contributed by atoms with Crippen molar-refractivity contribution in [1.82, 2.24) is 0 Å². The van der Waals surface area contributed by atoms with Gasteiger partial charge in [-0.1, -0.05) is 23.2 Å². The van der Waals surface area contributed by atoms with Crippen LogP contribution in [0.1, 0.15) is 16.7 Å². The Morgan fingerprint density at radius 1 is 0.750 bits per heavy atom. The third-order valence-corrected chi connectivity index (χ3v) is 3.50. The van der Waals surface area contributed by atoms with Gasteiger partial charge in [0.25, 0.3) is 0 Å². The van der Waals surface area contributed by atoms with Crippen LogP contribution in [0.25, 0.3) is 0 Å². The highest BCUT2D eigenvalue weighted by Crippen LogP contribution is 2.34. The lowest BCUT2D eigenvalue weighted by atomic mass is 10.1. The van der Waals surface area contributed by atoms with E-state index < -0.39 is 29.2 Å². The molecule has 0 aromatic heterocycles. The zero-order valence-electron chi connectivity index (χ0n) is 11.9. The van der Waals surface area contributed by atoms with E-state index in [4.69, 9.17) is 28.3 Å². The average Bonchev–Trinajstić information content (AvgIpc) is 2.43. The molecule has 0 aliphatic heterocycles. The molecule has 1 nitrogen and oxygen atoms in total. The molecule has 0 aliphatic rings. The van der Waals surface area contributed by atoms with Gasteiger partial charge >= 0.3 is 12.4 Å². The number of phenols is 1. The summed E-state index contributed by atoms with van der Waals surface area (Å²) in [5.41, 5.74) is -1.14. The maximum atomic E-state index is 12.1. The SMILES string of the molecule is Cc1cc(C(F)(F)F)ccc1Cl.Oc1cc(C(F)(F)F)ccc1Cl. The van der Waals surface area contributed by atoms with Crippen molar-refractivity contribution in [2.45, 2.75) is 19.3 Å². The van der Waals surface area contributed by atoms with Gasteiger partial charge in [-0.25, -0.2) is 0 Å². The van der Waals surface area contributed by atoms with E-state index in [0.29, 0.717) is 16.7 Å². The molecule has 9 heteroatoms. The summed E-state index contributed by atoms with van der Waals surface area (Å²) >= 11 is 10.9. The van der Waals surface area contributed by atoms with Gasteiger partial charge in [0, 0.05) is 5.02 Å².